The number of carbonyl (C=O) groups excluding carboxylic acids is 3. The molecule has 2 amide bonds. The minimum atomic E-state index is -0.404. The second-order valence-corrected chi connectivity index (χ2v) is 6.40. The summed E-state index contributed by atoms with van der Waals surface area (Å²) in [5.74, 6) is -0.829. The average Bonchev–Trinajstić information content (AvgIpc) is 2.91. The lowest BCUT2D eigenvalue weighted by atomic mass is 10.1. The van der Waals surface area contributed by atoms with Crippen molar-refractivity contribution in [3.8, 4) is 0 Å². The van der Waals surface area contributed by atoms with Crippen LogP contribution in [0.4, 0.5) is 5.69 Å². The van der Waals surface area contributed by atoms with E-state index in [1.165, 1.54) is 4.90 Å². The summed E-state index contributed by atoms with van der Waals surface area (Å²) in [5, 5.41) is 2.74. The van der Waals surface area contributed by atoms with Gasteiger partial charge < -0.3 is 15.0 Å². The summed E-state index contributed by atoms with van der Waals surface area (Å²) in [4.78, 5) is 37.8. The van der Waals surface area contributed by atoms with Crippen LogP contribution in [0.3, 0.4) is 0 Å². The largest absolute Gasteiger partial charge is 0.459 e. The second kappa shape index (κ2) is 7.39. The number of esters is 1. The topological polar surface area (TPSA) is 75.7 Å². The molecule has 1 aliphatic rings. The zero-order chi connectivity index (χ0) is 18.7. The Hall–Kier alpha value is -3.15. The van der Waals surface area contributed by atoms with Crippen LogP contribution in [0.5, 0.6) is 0 Å². The lowest BCUT2D eigenvalue weighted by molar-refractivity contribution is -0.116. The van der Waals surface area contributed by atoms with E-state index < -0.39 is 5.97 Å². The molecule has 0 spiro atoms. The quantitative estimate of drug-likeness (QED) is 0.840. The fraction of sp³-hybridized carbons (Fsp3) is 0.250. The maximum Gasteiger partial charge on any atom is 0.338 e. The number of nitrogens with one attached hydrogen (secondary N) is 1. The molecule has 0 bridgehead atoms. The summed E-state index contributed by atoms with van der Waals surface area (Å²) in [5.41, 5.74) is 2.55. The van der Waals surface area contributed by atoms with Gasteiger partial charge in [-0.3, -0.25) is 9.59 Å². The van der Waals surface area contributed by atoms with Gasteiger partial charge in [0.05, 0.1) is 11.7 Å². The number of fused-ring (bicyclic) bond motifs is 1. The summed E-state index contributed by atoms with van der Waals surface area (Å²) < 4.78 is 5.12. The standard InChI is InChI=1S/C20H20N2O4/c1-13(2)26-20(25)14-7-9-16(10-8-14)21-18(23)12-22-11-15-5-3-4-6-17(15)19(22)24/h3-10,13H,11-12H2,1-2H3,(H,21,23). The molecule has 6 heteroatoms. The number of benzene rings is 2. The number of anilines is 1. The Balaban J connectivity index is 1.57. The van der Waals surface area contributed by atoms with E-state index in [9.17, 15) is 14.4 Å². The smallest absolute Gasteiger partial charge is 0.338 e. The highest BCUT2D eigenvalue weighted by atomic mass is 16.5. The monoisotopic (exact) mass is 352 g/mol. The molecule has 134 valence electrons. The minimum absolute atomic E-state index is 0.0232. The SMILES string of the molecule is CC(C)OC(=O)c1ccc(NC(=O)CN2Cc3ccccc3C2=O)cc1. The number of amides is 2. The Morgan fingerprint density at radius 2 is 1.81 bits per heavy atom. The van der Waals surface area contributed by atoms with Crippen molar-refractivity contribution in [2.75, 3.05) is 11.9 Å². The number of hydrogen-bond donors (Lipinski definition) is 1. The summed E-state index contributed by atoms with van der Waals surface area (Å²) in [7, 11) is 0. The van der Waals surface area contributed by atoms with Gasteiger partial charge in [0, 0.05) is 17.8 Å². The lowest BCUT2D eigenvalue weighted by Crippen LogP contribution is -2.33. The van der Waals surface area contributed by atoms with Crippen molar-refractivity contribution < 1.29 is 19.1 Å². The van der Waals surface area contributed by atoms with Gasteiger partial charge in [-0.05, 0) is 49.7 Å². The maximum atomic E-state index is 12.3. The first-order valence-corrected chi connectivity index (χ1v) is 8.42. The number of hydrogen-bond acceptors (Lipinski definition) is 4. The van der Waals surface area contributed by atoms with Gasteiger partial charge in [0.1, 0.15) is 6.54 Å². The Morgan fingerprint density at radius 1 is 1.12 bits per heavy atom. The van der Waals surface area contributed by atoms with E-state index in [0.29, 0.717) is 23.4 Å². The molecular weight excluding hydrogens is 332 g/mol. The van der Waals surface area contributed by atoms with Gasteiger partial charge in [-0.25, -0.2) is 4.79 Å². The van der Waals surface area contributed by atoms with Gasteiger partial charge in [-0.15, -0.1) is 0 Å². The second-order valence-electron chi connectivity index (χ2n) is 6.40. The van der Waals surface area contributed by atoms with Crippen LogP contribution in [0.2, 0.25) is 0 Å². The van der Waals surface area contributed by atoms with Crippen LogP contribution in [0.1, 0.15) is 40.1 Å². The molecule has 0 saturated heterocycles. The number of nitrogens with zero attached hydrogens (tertiary/aromatic N) is 1. The van der Waals surface area contributed by atoms with E-state index >= 15 is 0 Å². The van der Waals surface area contributed by atoms with Crippen molar-refractivity contribution in [1.29, 1.82) is 0 Å². The Morgan fingerprint density at radius 3 is 2.46 bits per heavy atom. The minimum Gasteiger partial charge on any atom is -0.459 e. The first-order valence-electron chi connectivity index (χ1n) is 8.42. The predicted molar refractivity (Wildman–Crippen MR) is 96.8 cm³/mol. The zero-order valence-corrected chi connectivity index (χ0v) is 14.7. The van der Waals surface area contributed by atoms with E-state index in [1.807, 2.05) is 18.2 Å². The Labute approximate surface area is 151 Å². The van der Waals surface area contributed by atoms with Crippen LogP contribution in [-0.4, -0.2) is 35.3 Å². The summed E-state index contributed by atoms with van der Waals surface area (Å²) in [6.07, 6.45) is -0.191. The molecular formula is C20H20N2O4. The van der Waals surface area contributed by atoms with Crippen molar-refractivity contribution in [1.82, 2.24) is 4.90 Å². The molecule has 1 N–H and O–H groups in total. The third-order valence-corrected chi connectivity index (χ3v) is 3.98. The molecule has 0 aliphatic carbocycles. The fourth-order valence-corrected chi connectivity index (χ4v) is 2.79. The van der Waals surface area contributed by atoms with Crippen molar-refractivity contribution in [3.63, 3.8) is 0 Å². The maximum absolute atomic E-state index is 12.3. The molecule has 0 fully saturated rings. The van der Waals surface area contributed by atoms with Crippen molar-refractivity contribution in [2.45, 2.75) is 26.5 Å². The molecule has 2 aromatic carbocycles. The van der Waals surface area contributed by atoms with E-state index in [-0.39, 0.29) is 24.5 Å². The number of carbonyl (C=O) groups is 3. The van der Waals surface area contributed by atoms with Crippen molar-refractivity contribution in [2.24, 2.45) is 0 Å². The molecule has 0 aromatic heterocycles. The molecule has 3 rings (SSSR count). The Bertz CT molecular complexity index is 843. The molecule has 0 atom stereocenters. The highest BCUT2D eigenvalue weighted by Gasteiger charge is 2.28. The van der Waals surface area contributed by atoms with Gasteiger partial charge >= 0.3 is 5.97 Å². The number of ether oxygens (including phenoxy) is 1. The fourth-order valence-electron chi connectivity index (χ4n) is 2.79. The van der Waals surface area contributed by atoms with Gasteiger partial charge in [-0.1, -0.05) is 18.2 Å². The van der Waals surface area contributed by atoms with E-state index in [2.05, 4.69) is 5.32 Å². The van der Waals surface area contributed by atoms with Crippen LogP contribution in [0.15, 0.2) is 48.5 Å². The van der Waals surface area contributed by atoms with Crippen LogP contribution >= 0.6 is 0 Å². The molecule has 1 heterocycles. The first-order chi connectivity index (χ1) is 12.4. The van der Waals surface area contributed by atoms with E-state index in [0.717, 1.165) is 5.56 Å². The van der Waals surface area contributed by atoms with Crippen molar-refractivity contribution in [3.05, 3.63) is 65.2 Å². The third kappa shape index (κ3) is 3.91. The number of rotatable bonds is 5. The first kappa shape index (κ1) is 17.7. The summed E-state index contributed by atoms with van der Waals surface area (Å²) in [6, 6.07) is 13.8. The Kier molecular flexibility index (Phi) is 5.02. The molecule has 0 radical (unpaired) electrons. The predicted octanol–water partition coefficient (Wildman–Crippen LogP) is 2.85. The van der Waals surface area contributed by atoms with Gasteiger partial charge in [0.15, 0.2) is 0 Å². The van der Waals surface area contributed by atoms with E-state index in [4.69, 9.17) is 4.74 Å². The molecule has 2 aromatic rings. The van der Waals surface area contributed by atoms with Crippen LogP contribution in [-0.2, 0) is 16.1 Å². The van der Waals surface area contributed by atoms with Crippen LogP contribution in [0.25, 0.3) is 0 Å². The molecule has 26 heavy (non-hydrogen) atoms. The van der Waals surface area contributed by atoms with Gasteiger partial charge in [0.2, 0.25) is 5.91 Å². The molecule has 1 aliphatic heterocycles. The third-order valence-electron chi connectivity index (χ3n) is 3.98. The van der Waals surface area contributed by atoms with E-state index in [1.54, 1.807) is 44.2 Å². The van der Waals surface area contributed by atoms with Crippen molar-refractivity contribution >= 4 is 23.5 Å². The van der Waals surface area contributed by atoms with Crippen LogP contribution in [0, 0.1) is 0 Å². The highest BCUT2D eigenvalue weighted by Crippen LogP contribution is 2.22. The summed E-state index contributed by atoms with van der Waals surface area (Å²) in [6.45, 7) is 3.97. The normalized spacial score (nSPS) is 12.9. The molecule has 6 nitrogen and oxygen atoms in total. The lowest BCUT2D eigenvalue weighted by Gasteiger charge is -2.15. The molecule has 0 saturated carbocycles. The van der Waals surface area contributed by atoms with Gasteiger partial charge in [-0.2, -0.15) is 0 Å². The molecule has 0 unspecified atom stereocenters. The average molecular weight is 352 g/mol. The zero-order valence-electron chi connectivity index (χ0n) is 14.7. The van der Waals surface area contributed by atoms with Gasteiger partial charge in [0.25, 0.3) is 5.91 Å². The summed E-state index contributed by atoms with van der Waals surface area (Å²) >= 11 is 0. The highest BCUT2D eigenvalue weighted by molar-refractivity contribution is 6.02. The van der Waals surface area contributed by atoms with Crippen LogP contribution < -0.4 is 5.32 Å².